The van der Waals surface area contributed by atoms with Gasteiger partial charge in [0.05, 0.1) is 0 Å². The maximum Gasteiger partial charge on any atom is 0.171 e. The molecule has 1 nitrogen and oxygen atoms in total. The summed E-state index contributed by atoms with van der Waals surface area (Å²) in [7, 11) is -2.84. The number of benzene rings is 3. The van der Waals surface area contributed by atoms with E-state index >= 15 is 0 Å². The van der Waals surface area contributed by atoms with Gasteiger partial charge in [0.2, 0.25) is 0 Å². The fourth-order valence-electron chi connectivity index (χ4n) is 2.56. The third-order valence-electron chi connectivity index (χ3n) is 3.68. The molecule has 1 atom stereocenters. The van der Waals surface area contributed by atoms with E-state index in [1.165, 1.54) is 0 Å². The quantitative estimate of drug-likeness (QED) is 0.624. The molecule has 3 aromatic rings. The molecule has 0 aliphatic carbocycles. The number of hydrogen-bond donors (Lipinski definition) is 0. The molecular weight excluding hydrogens is 355 g/mol. The molecule has 0 N–H and O–H groups in total. The lowest BCUT2D eigenvalue weighted by atomic mass is 10.2. The first-order chi connectivity index (χ1) is 10.6. The second-order valence-electron chi connectivity index (χ2n) is 5.26. The number of hydrogen-bond acceptors (Lipinski definition) is 1. The van der Waals surface area contributed by atoms with Crippen LogP contribution in [0.25, 0.3) is 0 Å². The maximum atomic E-state index is 14.1. The van der Waals surface area contributed by atoms with E-state index in [0.717, 1.165) is 25.9 Å². The predicted molar refractivity (Wildman–Crippen MR) is 98.3 cm³/mol. The molecule has 1 unspecified atom stereocenters. The van der Waals surface area contributed by atoms with Crippen LogP contribution in [0.15, 0.2) is 83.3 Å². The van der Waals surface area contributed by atoms with Crippen molar-refractivity contribution in [3.05, 3.63) is 88.9 Å². The summed E-state index contributed by atoms with van der Waals surface area (Å²) in [4.78, 5) is 0. The lowest BCUT2D eigenvalue weighted by Crippen LogP contribution is -2.25. The van der Waals surface area contributed by atoms with Gasteiger partial charge in [-0.25, -0.2) is 0 Å². The van der Waals surface area contributed by atoms with Crippen LogP contribution in [-0.4, -0.2) is 0 Å². The van der Waals surface area contributed by atoms with Crippen LogP contribution in [0.4, 0.5) is 0 Å². The molecule has 0 aliphatic rings. The average Bonchev–Trinajstić information content (AvgIpc) is 2.55. The van der Waals surface area contributed by atoms with E-state index in [9.17, 15) is 4.57 Å². The van der Waals surface area contributed by atoms with Crippen LogP contribution in [0.2, 0.25) is 0 Å². The van der Waals surface area contributed by atoms with E-state index in [1.807, 2.05) is 85.8 Å². The van der Waals surface area contributed by atoms with E-state index in [1.54, 1.807) is 0 Å². The third-order valence-corrected chi connectivity index (χ3v) is 7.26. The summed E-state index contributed by atoms with van der Waals surface area (Å²) in [5.74, 6) is 0. The molecule has 0 saturated heterocycles. The fourth-order valence-corrected chi connectivity index (χ4v) is 5.56. The Labute approximate surface area is 139 Å². The summed E-state index contributed by atoms with van der Waals surface area (Å²) in [6.07, 6.45) is 0. The highest BCUT2D eigenvalue weighted by Gasteiger charge is 2.29. The van der Waals surface area contributed by atoms with Gasteiger partial charge in [0.15, 0.2) is 7.14 Å². The van der Waals surface area contributed by atoms with Crippen molar-refractivity contribution in [3.8, 4) is 0 Å². The van der Waals surface area contributed by atoms with Gasteiger partial charge in [-0.2, -0.15) is 0 Å². The van der Waals surface area contributed by atoms with Crippen LogP contribution >= 0.6 is 23.1 Å². The highest BCUT2D eigenvalue weighted by molar-refractivity contribution is 9.10. The highest BCUT2D eigenvalue weighted by atomic mass is 79.9. The zero-order chi connectivity index (χ0) is 15.6. The zero-order valence-corrected chi connectivity index (χ0v) is 14.7. The molecule has 0 bridgehead atoms. The van der Waals surface area contributed by atoms with Crippen molar-refractivity contribution >= 4 is 39.0 Å². The SMILES string of the molecule is Cc1cccc(P(=O)(c2ccccc2)c2ccc(Br)cc2)c1. The van der Waals surface area contributed by atoms with Crippen LogP contribution in [0.3, 0.4) is 0 Å². The molecule has 0 radical (unpaired) electrons. The Kier molecular flexibility index (Phi) is 4.33. The van der Waals surface area contributed by atoms with Crippen molar-refractivity contribution in [1.82, 2.24) is 0 Å². The van der Waals surface area contributed by atoms with Gasteiger partial charge in [-0.3, -0.25) is 0 Å². The normalized spacial score (nSPS) is 13.5. The smallest absolute Gasteiger partial charge is 0.171 e. The molecule has 0 heterocycles. The Morgan fingerprint density at radius 3 is 1.95 bits per heavy atom. The summed E-state index contributed by atoms with van der Waals surface area (Å²) in [5, 5.41) is 2.59. The molecule has 3 aromatic carbocycles. The Hall–Kier alpha value is -1.63. The van der Waals surface area contributed by atoms with Gasteiger partial charge in [0.25, 0.3) is 0 Å². The first-order valence-electron chi connectivity index (χ1n) is 7.10. The van der Waals surface area contributed by atoms with Gasteiger partial charge in [-0.1, -0.05) is 70.0 Å². The van der Waals surface area contributed by atoms with E-state index in [2.05, 4.69) is 15.9 Å². The molecule has 0 amide bonds. The molecule has 110 valence electrons. The third kappa shape index (κ3) is 2.82. The van der Waals surface area contributed by atoms with Crippen LogP contribution < -0.4 is 15.9 Å². The molecule has 0 aliphatic heterocycles. The summed E-state index contributed by atoms with van der Waals surface area (Å²) in [5.41, 5.74) is 1.12. The minimum atomic E-state index is -2.84. The molecular formula is C19H16BrOP. The lowest BCUT2D eigenvalue weighted by Gasteiger charge is -2.20. The van der Waals surface area contributed by atoms with Crippen LogP contribution in [-0.2, 0) is 4.57 Å². The summed E-state index contributed by atoms with van der Waals surface area (Å²) < 4.78 is 15.1. The average molecular weight is 371 g/mol. The van der Waals surface area contributed by atoms with Gasteiger partial charge in [0, 0.05) is 20.4 Å². The largest absolute Gasteiger partial charge is 0.309 e. The van der Waals surface area contributed by atoms with Crippen molar-refractivity contribution in [3.63, 3.8) is 0 Å². The molecule has 3 rings (SSSR count). The van der Waals surface area contributed by atoms with Crippen molar-refractivity contribution in [1.29, 1.82) is 0 Å². The van der Waals surface area contributed by atoms with Gasteiger partial charge in [0.1, 0.15) is 0 Å². The lowest BCUT2D eigenvalue weighted by molar-refractivity contribution is 0.592. The number of halogens is 1. The van der Waals surface area contributed by atoms with Crippen LogP contribution in [0.1, 0.15) is 5.56 Å². The molecule has 3 heteroatoms. The fraction of sp³-hybridized carbons (Fsp3) is 0.0526. The number of aryl methyl sites for hydroxylation is 1. The van der Waals surface area contributed by atoms with Gasteiger partial charge < -0.3 is 4.57 Å². The second kappa shape index (κ2) is 6.24. The molecule has 0 fully saturated rings. The Morgan fingerprint density at radius 1 is 0.727 bits per heavy atom. The summed E-state index contributed by atoms with van der Waals surface area (Å²) in [6, 6.07) is 25.5. The number of rotatable bonds is 3. The maximum absolute atomic E-state index is 14.1. The summed E-state index contributed by atoms with van der Waals surface area (Å²) in [6.45, 7) is 2.03. The second-order valence-corrected chi connectivity index (χ2v) is 8.94. The monoisotopic (exact) mass is 370 g/mol. The van der Waals surface area contributed by atoms with Gasteiger partial charge in [-0.05, 0) is 37.3 Å². The van der Waals surface area contributed by atoms with Crippen molar-refractivity contribution in [2.45, 2.75) is 6.92 Å². The first kappa shape index (κ1) is 15.3. The van der Waals surface area contributed by atoms with Gasteiger partial charge >= 0.3 is 0 Å². The standard InChI is InChI=1S/C19H16BrOP/c1-15-6-5-9-19(14-15)22(21,17-7-3-2-4-8-17)18-12-10-16(20)11-13-18/h2-14H,1H3. The first-order valence-corrected chi connectivity index (χ1v) is 9.60. The van der Waals surface area contributed by atoms with E-state index in [0.29, 0.717) is 0 Å². The van der Waals surface area contributed by atoms with Crippen LogP contribution in [0.5, 0.6) is 0 Å². The highest BCUT2D eigenvalue weighted by Crippen LogP contribution is 2.42. The minimum Gasteiger partial charge on any atom is -0.309 e. The van der Waals surface area contributed by atoms with Crippen molar-refractivity contribution in [2.24, 2.45) is 0 Å². The Bertz CT molecular complexity index is 826. The van der Waals surface area contributed by atoms with Gasteiger partial charge in [-0.15, -0.1) is 0 Å². The zero-order valence-electron chi connectivity index (χ0n) is 12.2. The topological polar surface area (TPSA) is 17.1 Å². The van der Waals surface area contributed by atoms with Crippen LogP contribution in [0, 0.1) is 6.92 Å². The van der Waals surface area contributed by atoms with E-state index < -0.39 is 7.14 Å². The van der Waals surface area contributed by atoms with E-state index in [4.69, 9.17) is 0 Å². The molecule has 0 saturated carbocycles. The Balaban J connectivity index is 2.27. The molecule has 0 spiro atoms. The Morgan fingerprint density at radius 2 is 1.32 bits per heavy atom. The molecule has 22 heavy (non-hydrogen) atoms. The minimum absolute atomic E-state index is 0.854. The summed E-state index contributed by atoms with van der Waals surface area (Å²) >= 11 is 3.45. The van der Waals surface area contributed by atoms with Crippen molar-refractivity contribution < 1.29 is 4.57 Å². The molecule has 0 aromatic heterocycles. The van der Waals surface area contributed by atoms with Crippen molar-refractivity contribution in [2.75, 3.05) is 0 Å². The van der Waals surface area contributed by atoms with E-state index in [-0.39, 0.29) is 0 Å². The predicted octanol–water partition coefficient (Wildman–Crippen LogP) is 4.40.